The van der Waals surface area contributed by atoms with Gasteiger partial charge in [-0.1, -0.05) is 29.3 Å². The number of carbonyl (C=O) groups is 2. The number of likely N-dealkylation sites (N-methyl/N-ethyl adjacent to an activating group) is 1. The fourth-order valence-electron chi connectivity index (χ4n) is 5.34. The summed E-state index contributed by atoms with van der Waals surface area (Å²) in [4.78, 5) is 34.7. The maximum absolute atomic E-state index is 14.1. The van der Waals surface area contributed by atoms with Crippen LogP contribution in [0, 0.1) is 5.82 Å². The summed E-state index contributed by atoms with van der Waals surface area (Å²) in [5.74, 6) is -0.436. The third kappa shape index (κ3) is 7.64. The van der Waals surface area contributed by atoms with Gasteiger partial charge in [0, 0.05) is 81.1 Å². The van der Waals surface area contributed by atoms with Crippen LogP contribution in [0.25, 0.3) is 0 Å². The number of piperazine rings is 2. The molecule has 2 unspecified atom stereocenters. The average molecular weight is 595 g/mol. The molecule has 2 aromatic rings. The number of hydrogen-bond donors (Lipinski definition) is 1. The Hall–Kier alpha value is -2.43. The first kappa shape index (κ1) is 30.5. The topological polar surface area (TPSA) is 68.4 Å². The molecule has 0 saturated carbocycles. The number of halogens is 3. The molecule has 2 saturated heterocycles. The Labute approximate surface area is 245 Å². The average Bonchev–Trinajstić information content (AvgIpc) is 2.92. The SMILES string of the molecule is COCC(C)NCc1cc(F)ccc1N1CCN(C(=O)C(Cc2ccc(Cl)cc2Cl)N2CCN(C)CC2=O)CC1. The van der Waals surface area contributed by atoms with E-state index in [1.165, 1.54) is 6.07 Å². The Morgan fingerprint density at radius 3 is 2.48 bits per heavy atom. The summed E-state index contributed by atoms with van der Waals surface area (Å²) in [6, 6.07) is 9.54. The molecule has 2 fully saturated rings. The van der Waals surface area contributed by atoms with Crippen molar-refractivity contribution in [2.45, 2.75) is 32.0 Å². The molecule has 40 heavy (non-hydrogen) atoms. The second-order valence-electron chi connectivity index (χ2n) is 10.6. The van der Waals surface area contributed by atoms with Crippen molar-refractivity contribution in [1.29, 1.82) is 0 Å². The predicted octanol–water partition coefficient (Wildman–Crippen LogP) is 3.29. The van der Waals surface area contributed by atoms with E-state index in [0.717, 1.165) is 16.8 Å². The number of amides is 2. The molecular weight excluding hydrogens is 556 g/mol. The van der Waals surface area contributed by atoms with Crippen LogP contribution in [0.1, 0.15) is 18.1 Å². The van der Waals surface area contributed by atoms with E-state index >= 15 is 0 Å². The molecule has 2 atom stereocenters. The van der Waals surface area contributed by atoms with E-state index in [-0.39, 0.29) is 30.2 Å². The number of nitrogens with one attached hydrogen (secondary N) is 1. The lowest BCUT2D eigenvalue weighted by Crippen LogP contribution is -2.60. The van der Waals surface area contributed by atoms with Crippen LogP contribution in [-0.4, -0.2) is 105 Å². The van der Waals surface area contributed by atoms with Gasteiger partial charge in [-0.25, -0.2) is 4.39 Å². The summed E-state index contributed by atoms with van der Waals surface area (Å²) in [6.07, 6.45) is 0.317. The highest BCUT2D eigenvalue weighted by Crippen LogP contribution is 2.27. The number of carbonyl (C=O) groups excluding carboxylic acids is 2. The molecule has 11 heteroatoms. The Kier molecular flexibility index (Phi) is 10.7. The van der Waals surface area contributed by atoms with E-state index in [0.29, 0.717) is 68.9 Å². The first-order valence-corrected chi connectivity index (χ1v) is 14.4. The number of benzene rings is 2. The van der Waals surface area contributed by atoms with Gasteiger partial charge in [0.15, 0.2) is 0 Å². The van der Waals surface area contributed by atoms with E-state index in [4.69, 9.17) is 27.9 Å². The zero-order valence-electron chi connectivity index (χ0n) is 23.3. The van der Waals surface area contributed by atoms with E-state index in [1.54, 1.807) is 36.3 Å². The second kappa shape index (κ2) is 14.0. The van der Waals surface area contributed by atoms with E-state index in [1.807, 2.05) is 29.8 Å². The lowest BCUT2D eigenvalue weighted by atomic mass is 10.0. The number of hydrogen-bond acceptors (Lipinski definition) is 6. The first-order valence-electron chi connectivity index (χ1n) is 13.6. The molecule has 218 valence electrons. The number of nitrogens with zero attached hydrogens (tertiary/aromatic N) is 4. The van der Waals surface area contributed by atoms with Gasteiger partial charge in [0.05, 0.1) is 13.2 Å². The van der Waals surface area contributed by atoms with Gasteiger partial charge in [-0.3, -0.25) is 14.5 Å². The molecule has 8 nitrogen and oxygen atoms in total. The standard InChI is InChI=1S/C29H38Cl2FN5O3/c1-20(19-40-3)33-17-22-14-24(32)6-7-26(22)35-9-11-36(12-10-35)29(39)27(37-13-8-34(2)18-28(37)38)15-21-4-5-23(30)16-25(21)31/h4-7,14,16,20,27,33H,8-13,15,17-19H2,1-3H3. The molecule has 2 aliphatic heterocycles. The van der Waals surface area contributed by atoms with Crippen molar-refractivity contribution in [2.24, 2.45) is 0 Å². The van der Waals surface area contributed by atoms with Gasteiger partial charge in [-0.15, -0.1) is 0 Å². The third-order valence-corrected chi connectivity index (χ3v) is 8.16. The van der Waals surface area contributed by atoms with Crippen LogP contribution in [0.3, 0.4) is 0 Å². The van der Waals surface area contributed by atoms with Gasteiger partial charge in [-0.2, -0.15) is 0 Å². The summed E-state index contributed by atoms with van der Waals surface area (Å²) in [6.45, 7) is 6.72. The summed E-state index contributed by atoms with van der Waals surface area (Å²) in [7, 11) is 3.56. The lowest BCUT2D eigenvalue weighted by Gasteiger charge is -2.42. The zero-order valence-corrected chi connectivity index (χ0v) is 24.8. The largest absolute Gasteiger partial charge is 0.383 e. The van der Waals surface area contributed by atoms with Gasteiger partial charge in [0.25, 0.3) is 0 Å². The molecule has 0 aromatic heterocycles. The predicted molar refractivity (Wildman–Crippen MR) is 157 cm³/mol. The third-order valence-electron chi connectivity index (χ3n) is 7.57. The lowest BCUT2D eigenvalue weighted by molar-refractivity contribution is -0.149. The highest BCUT2D eigenvalue weighted by Gasteiger charge is 2.37. The molecule has 1 N–H and O–H groups in total. The van der Waals surface area contributed by atoms with Crippen molar-refractivity contribution in [3.8, 4) is 0 Å². The van der Waals surface area contributed by atoms with E-state index in [9.17, 15) is 14.0 Å². The minimum atomic E-state index is -0.653. The van der Waals surface area contributed by atoms with Gasteiger partial charge in [0.1, 0.15) is 11.9 Å². The summed E-state index contributed by atoms with van der Waals surface area (Å²) >= 11 is 12.6. The minimum Gasteiger partial charge on any atom is -0.383 e. The van der Waals surface area contributed by atoms with Crippen molar-refractivity contribution < 1.29 is 18.7 Å². The molecule has 2 aliphatic rings. The number of anilines is 1. The Morgan fingerprint density at radius 1 is 1.05 bits per heavy atom. The minimum absolute atomic E-state index is 0.0676. The quantitative estimate of drug-likeness (QED) is 0.456. The maximum Gasteiger partial charge on any atom is 0.245 e. The van der Waals surface area contributed by atoms with Crippen LogP contribution in [-0.2, 0) is 27.3 Å². The van der Waals surface area contributed by atoms with Crippen LogP contribution in [0.4, 0.5) is 10.1 Å². The molecule has 2 amide bonds. The monoisotopic (exact) mass is 593 g/mol. The van der Waals surface area contributed by atoms with Crippen LogP contribution in [0.2, 0.25) is 10.0 Å². The fraction of sp³-hybridized carbons (Fsp3) is 0.517. The van der Waals surface area contributed by atoms with Gasteiger partial charge in [-0.05, 0) is 55.4 Å². The molecule has 0 bridgehead atoms. The normalized spacial score (nSPS) is 18.2. The van der Waals surface area contributed by atoms with E-state index in [2.05, 4.69) is 10.2 Å². The van der Waals surface area contributed by atoms with Gasteiger partial charge < -0.3 is 24.8 Å². The molecule has 0 spiro atoms. The molecule has 0 aliphatic carbocycles. The smallest absolute Gasteiger partial charge is 0.245 e. The molecule has 0 radical (unpaired) electrons. The highest BCUT2D eigenvalue weighted by atomic mass is 35.5. The van der Waals surface area contributed by atoms with E-state index < -0.39 is 6.04 Å². The van der Waals surface area contributed by atoms with Crippen LogP contribution < -0.4 is 10.2 Å². The Bertz CT molecular complexity index is 1190. The molecule has 2 aromatic carbocycles. The van der Waals surface area contributed by atoms with Crippen LogP contribution in [0.15, 0.2) is 36.4 Å². The molecule has 4 rings (SSSR count). The van der Waals surface area contributed by atoms with Gasteiger partial charge in [0.2, 0.25) is 11.8 Å². The number of rotatable bonds is 10. The second-order valence-corrected chi connectivity index (χ2v) is 11.4. The summed E-state index contributed by atoms with van der Waals surface area (Å²) in [5.41, 5.74) is 2.59. The zero-order chi connectivity index (χ0) is 28.8. The van der Waals surface area contributed by atoms with Crippen molar-refractivity contribution in [3.05, 3.63) is 63.4 Å². The first-order chi connectivity index (χ1) is 19.2. The highest BCUT2D eigenvalue weighted by molar-refractivity contribution is 6.35. The fourth-order valence-corrected chi connectivity index (χ4v) is 5.82. The van der Waals surface area contributed by atoms with Crippen molar-refractivity contribution in [3.63, 3.8) is 0 Å². The van der Waals surface area contributed by atoms with Crippen LogP contribution >= 0.6 is 23.2 Å². The maximum atomic E-state index is 14.1. The van der Waals surface area contributed by atoms with Crippen molar-refractivity contribution in [2.75, 3.05) is 71.5 Å². The number of methoxy groups -OCH3 is 1. The van der Waals surface area contributed by atoms with Crippen molar-refractivity contribution in [1.82, 2.24) is 20.0 Å². The summed E-state index contributed by atoms with van der Waals surface area (Å²) < 4.78 is 19.3. The van der Waals surface area contributed by atoms with Crippen molar-refractivity contribution >= 4 is 40.7 Å². The Morgan fingerprint density at radius 2 is 1.80 bits per heavy atom. The Balaban J connectivity index is 1.48. The van der Waals surface area contributed by atoms with Gasteiger partial charge >= 0.3 is 0 Å². The van der Waals surface area contributed by atoms with Crippen LogP contribution in [0.5, 0.6) is 0 Å². The molecule has 2 heterocycles. The summed E-state index contributed by atoms with van der Waals surface area (Å²) in [5, 5.41) is 4.38. The number of ether oxygens (including phenoxy) is 1. The molecular formula is C29H38Cl2FN5O3.